The lowest BCUT2D eigenvalue weighted by Gasteiger charge is -2.26. The van der Waals surface area contributed by atoms with Gasteiger partial charge in [-0.3, -0.25) is 9.48 Å². The molecule has 0 radical (unpaired) electrons. The Morgan fingerprint density at radius 2 is 2.12 bits per heavy atom. The number of hydrogen-bond donors (Lipinski definition) is 1. The van der Waals surface area contributed by atoms with E-state index < -0.39 is 6.04 Å². The predicted molar refractivity (Wildman–Crippen MR) is 66.3 cm³/mol. The van der Waals surface area contributed by atoms with E-state index in [0.717, 1.165) is 37.2 Å². The minimum absolute atomic E-state index is 0.154. The first-order chi connectivity index (χ1) is 8.08. The first-order valence-electron chi connectivity index (χ1n) is 6.35. The molecule has 1 aromatic rings. The highest BCUT2D eigenvalue weighted by Crippen LogP contribution is 2.31. The summed E-state index contributed by atoms with van der Waals surface area (Å²) >= 11 is 0. The molecule has 1 aromatic heterocycles. The van der Waals surface area contributed by atoms with E-state index in [2.05, 4.69) is 12.0 Å². The third-order valence-corrected chi connectivity index (χ3v) is 3.81. The van der Waals surface area contributed by atoms with E-state index in [-0.39, 0.29) is 11.7 Å². The molecule has 1 heterocycles. The van der Waals surface area contributed by atoms with Crippen molar-refractivity contribution < 1.29 is 4.79 Å². The standard InChI is InChI=1S/C13H21N3O/c1-9-3-5-10(6-4-9)13(17)12(14)11-7-15-16(2)8-11/h7-10,12H,3-6,14H2,1-2H3. The van der Waals surface area contributed by atoms with E-state index >= 15 is 0 Å². The van der Waals surface area contributed by atoms with Crippen molar-refractivity contribution in [1.29, 1.82) is 0 Å². The summed E-state index contributed by atoms with van der Waals surface area (Å²) in [7, 11) is 1.84. The number of aromatic nitrogens is 2. The average molecular weight is 235 g/mol. The molecule has 1 saturated carbocycles. The number of ketones is 1. The van der Waals surface area contributed by atoms with Crippen LogP contribution < -0.4 is 5.73 Å². The molecule has 2 N–H and O–H groups in total. The van der Waals surface area contributed by atoms with Crippen molar-refractivity contribution in [2.75, 3.05) is 0 Å². The second-order valence-corrected chi connectivity index (χ2v) is 5.28. The summed E-state index contributed by atoms with van der Waals surface area (Å²) in [4.78, 5) is 12.3. The van der Waals surface area contributed by atoms with Crippen molar-refractivity contribution in [3.8, 4) is 0 Å². The molecule has 1 aliphatic rings. The zero-order valence-corrected chi connectivity index (χ0v) is 10.6. The highest BCUT2D eigenvalue weighted by atomic mass is 16.1. The number of nitrogens with two attached hydrogens (primary N) is 1. The third kappa shape index (κ3) is 2.75. The van der Waals surface area contributed by atoms with Gasteiger partial charge in [-0.25, -0.2) is 0 Å². The molecule has 0 spiro atoms. The molecule has 4 heteroatoms. The van der Waals surface area contributed by atoms with E-state index in [0.29, 0.717) is 0 Å². The van der Waals surface area contributed by atoms with Crippen LogP contribution in [-0.2, 0) is 11.8 Å². The second-order valence-electron chi connectivity index (χ2n) is 5.28. The summed E-state index contributed by atoms with van der Waals surface area (Å²) in [5.74, 6) is 1.10. The lowest BCUT2D eigenvalue weighted by molar-refractivity contribution is -0.125. The van der Waals surface area contributed by atoms with Gasteiger partial charge in [0.1, 0.15) is 0 Å². The molecule has 0 aliphatic heterocycles. The lowest BCUT2D eigenvalue weighted by Crippen LogP contribution is -2.30. The second kappa shape index (κ2) is 5.00. The summed E-state index contributed by atoms with van der Waals surface area (Å²) in [5, 5.41) is 4.06. The molecule has 0 aromatic carbocycles. The van der Waals surface area contributed by atoms with Crippen molar-refractivity contribution >= 4 is 5.78 Å². The van der Waals surface area contributed by atoms with Crippen molar-refractivity contribution in [2.24, 2.45) is 24.6 Å². The monoisotopic (exact) mass is 235 g/mol. The van der Waals surface area contributed by atoms with Crippen LogP contribution in [0.1, 0.15) is 44.2 Å². The van der Waals surface area contributed by atoms with Crippen LogP contribution in [0.15, 0.2) is 12.4 Å². The van der Waals surface area contributed by atoms with Crippen molar-refractivity contribution in [3.63, 3.8) is 0 Å². The van der Waals surface area contributed by atoms with Crippen molar-refractivity contribution in [3.05, 3.63) is 18.0 Å². The van der Waals surface area contributed by atoms with Crippen LogP contribution in [0.4, 0.5) is 0 Å². The normalized spacial score (nSPS) is 26.8. The van der Waals surface area contributed by atoms with Crippen LogP contribution in [0.3, 0.4) is 0 Å². The van der Waals surface area contributed by atoms with Gasteiger partial charge in [0, 0.05) is 24.7 Å². The highest BCUT2D eigenvalue weighted by Gasteiger charge is 2.29. The Morgan fingerprint density at radius 3 is 2.65 bits per heavy atom. The van der Waals surface area contributed by atoms with Crippen LogP contribution >= 0.6 is 0 Å². The van der Waals surface area contributed by atoms with Gasteiger partial charge in [0.2, 0.25) is 0 Å². The van der Waals surface area contributed by atoms with Gasteiger partial charge in [-0.05, 0) is 18.8 Å². The molecule has 1 unspecified atom stereocenters. The van der Waals surface area contributed by atoms with Gasteiger partial charge in [-0.1, -0.05) is 19.8 Å². The summed E-state index contributed by atoms with van der Waals surface area (Å²) in [6.07, 6.45) is 7.80. The number of carbonyl (C=O) groups is 1. The number of hydrogen-bond acceptors (Lipinski definition) is 3. The zero-order chi connectivity index (χ0) is 12.4. The predicted octanol–water partition coefficient (Wildman–Crippen LogP) is 1.82. The maximum absolute atomic E-state index is 12.3. The lowest BCUT2D eigenvalue weighted by atomic mass is 9.79. The molecule has 94 valence electrons. The molecule has 4 nitrogen and oxygen atoms in total. The minimum Gasteiger partial charge on any atom is -0.318 e. The number of carbonyl (C=O) groups excluding carboxylic acids is 1. The molecule has 0 amide bonds. The first kappa shape index (κ1) is 12.3. The van der Waals surface area contributed by atoms with Gasteiger partial charge in [-0.2, -0.15) is 5.10 Å². The Labute approximate surface area is 102 Å². The molecular formula is C13H21N3O. The Bertz CT molecular complexity index is 391. The third-order valence-electron chi connectivity index (χ3n) is 3.81. The van der Waals surface area contributed by atoms with Crippen LogP contribution in [0.2, 0.25) is 0 Å². The average Bonchev–Trinajstić information content (AvgIpc) is 2.75. The number of aryl methyl sites for hydroxylation is 1. The van der Waals surface area contributed by atoms with E-state index in [1.807, 2.05) is 13.2 Å². The van der Waals surface area contributed by atoms with E-state index in [1.165, 1.54) is 0 Å². The summed E-state index contributed by atoms with van der Waals surface area (Å²) in [6.45, 7) is 2.25. The Balaban J connectivity index is 2.00. The molecule has 17 heavy (non-hydrogen) atoms. The van der Waals surface area contributed by atoms with Crippen LogP contribution in [-0.4, -0.2) is 15.6 Å². The van der Waals surface area contributed by atoms with Crippen LogP contribution in [0.25, 0.3) is 0 Å². The molecule has 1 aliphatic carbocycles. The van der Waals surface area contributed by atoms with E-state index in [4.69, 9.17) is 5.73 Å². The number of rotatable bonds is 3. The van der Waals surface area contributed by atoms with Gasteiger partial charge in [0.25, 0.3) is 0 Å². The smallest absolute Gasteiger partial charge is 0.157 e. The molecule has 2 rings (SSSR count). The minimum atomic E-state index is -0.498. The van der Waals surface area contributed by atoms with Gasteiger partial charge in [0.05, 0.1) is 12.2 Å². The Morgan fingerprint density at radius 1 is 1.47 bits per heavy atom. The van der Waals surface area contributed by atoms with Crippen LogP contribution in [0, 0.1) is 11.8 Å². The highest BCUT2D eigenvalue weighted by molar-refractivity contribution is 5.87. The van der Waals surface area contributed by atoms with Gasteiger partial charge < -0.3 is 5.73 Å². The number of Topliss-reactive ketones (excluding diaryl/α,β-unsaturated/α-hetero) is 1. The zero-order valence-electron chi connectivity index (χ0n) is 10.6. The van der Waals surface area contributed by atoms with Gasteiger partial charge >= 0.3 is 0 Å². The van der Waals surface area contributed by atoms with E-state index in [1.54, 1.807) is 10.9 Å². The molecule has 0 bridgehead atoms. The maximum atomic E-state index is 12.3. The molecule has 1 fully saturated rings. The summed E-state index contributed by atoms with van der Waals surface area (Å²) < 4.78 is 1.69. The first-order valence-corrected chi connectivity index (χ1v) is 6.35. The molecular weight excluding hydrogens is 214 g/mol. The molecule has 1 atom stereocenters. The van der Waals surface area contributed by atoms with Gasteiger partial charge in [-0.15, -0.1) is 0 Å². The van der Waals surface area contributed by atoms with Gasteiger partial charge in [0.15, 0.2) is 5.78 Å². The van der Waals surface area contributed by atoms with Crippen molar-refractivity contribution in [2.45, 2.75) is 38.6 Å². The number of nitrogens with zero attached hydrogens (tertiary/aromatic N) is 2. The van der Waals surface area contributed by atoms with Crippen LogP contribution in [0.5, 0.6) is 0 Å². The fourth-order valence-corrected chi connectivity index (χ4v) is 2.56. The largest absolute Gasteiger partial charge is 0.318 e. The fraction of sp³-hybridized carbons (Fsp3) is 0.692. The fourth-order valence-electron chi connectivity index (χ4n) is 2.56. The maximum Gasteiger partial charge on any atom is 0.157 e. The summed E-state index contributed by atoms with van der Waals surface area (Å²) in [5.41, 5.74) is 6.84. The Hall–Kier alpha value is -1.16. The van der Waals surface area contributed by atoms with E-state index in [9.17, 15) is 4.79 Å². The Kier molecular flexibility index (Phi) is 3.62. The quantitative estimate of drug-likeness (QED) is 0.869. The summed E-state index contributed by atoms with van der Waals surface area (Å²) in [6, 6.07) is -0.498. The molecule has 0 saturated heterocycles. The SMILES string of the molecule is CC1CCC(C(=O)C(N)c2cnn(C)c2)CC1. The van der Waals surface area contributed by atoms with Crippen molar-refractivity contribution in [1.82, 2.24) is 9.78 Å². The topological polar surface area (TPSA) is 60.9 Å².